The van der Waals surface area contributed by atoms with Crippen molar-refractivity contribution in [3.05, 3.63) is 52.3 Å². The Labute approximate surface area is 168 Å². The number of aromatic nitrogens is 2. The van der Waals surface area contributed by atoms with Crippen molar-refractivity contribution in [3.8, 4) is 5.75 Å². The van der Waals surface area contributed by atoms with Gasteiger partial charge in [0.15, 0.2) is 0 Å². The number of nitrogens with one attached hydrogen (secondary N) is 1. The number of amides is 1. The number of para-hydroxylation sites is 2. The fraction of sp³-hybridized carbons (Fsp3) is 0.263. The van der Waals surface area contributed by atoms with Gasteiger partial charge in [-0.05, 0) is 26.0 Å². The molecule has 0 atom stereocenters. The Morgan fingerprint density at radius 1 is 1.30 bits per heavy atom. The first kappa shape index (κ1) is 21.0. The number of alkyl halides is 2. The van der Waals surface area contributed by atoms with Crippen LogP contribution in [0.1, 0.15) is 23.0 Å². The molecule has 9 nitrogen and oxygen atoms in total. The lowest BCUT2D eigenvalue weighted by Gasteiger charge is -2.12. The van der Waals surface area contributed by atoms with E-state index >= 15 is 0 Å². The van der Waals surface area contributed by atoms with Crippen molar-refractivity contribution in [3.63, 3.8) is 0 Å². The molecule has 11 heteroatoms. The minimum absolute atomic E-state index is 0.0104. The second kappa shape index (κ2) is 8.72. The topological polar surface area (TPSA) is 113 Å². The Morgan fingerprint density at radius 3 is 2.73 bits per heavy atom. The highest BCUT2D eigenvalue weighted by atomic mass is 19.3. The first-order valence-corrected chi connectivity index (χ1v) is 8.81. The van der Waals surface area contributed by atoms with Crippen molar-refractivity contribution in [2.75, 3.05) is 11.9 Å². The zero-order valence-electron chi connectivity index (χ0n) is 16.0. The quantitative estimate of drug-likeness (QED) is 0.584. The van der Waals surface area contributed by atoms with Crippen molar-refractivity contribution in [1.82, 2.24) is 9.55 Å². The summed E-state index contributed by atoms with van der Waals surface area (Å²) < 4.78 is 40.6. The molecule has 0 bridgehead atoms. The Balaban J connectivity index is 1.89. The summed E-state index contributed by atoms with van der Waals surface area (Å²) >= 11 is 0. The largest absolute Gasteiger partial charge is 0.462 e. The predicted octanol–water partition coefficient (Wildman–Crippen LogP) is 2.71. The molecule has 0 spiro atoms. The van der Waals surface area contributed by atoms with Gasteiger partial charge in [-0.2, -0.15) is 8.78 Å². The van der Waals surface area contributed by atoms with E-state index in [1.54, 1.807) is 6.92 Å². The molecule has 1 N–H and O–H groups in total. The van der Waals surface area contributed by atoms with Crippen LogP contribution in [0.3, 0.4) is 0 Å². The number of carbonyl (C=O) groups excluding carboxylic acids is 2. The summed E-state index contributed by atoms with van der Waals surface area (Å²) in [5.41, 5.74) is -0.800. The Hall–Kier alpha value is -3.76. The van der Waals surface area contributed by atoms with Gasteiger partial charge in [0.1, 0.15) is 35.3 Å². The standard InChI is InChI=1S/C19H17F2N3O6/c1-3-28-18(27)14-10(2)29-16-15(14)17(26)24(9-22-16)8-13(25)23-11-6-4-5-7-12(11)30-19(20)21/h4-7,9,19H,3,8H2,1-2H3,(H,23,25). The number of anilines is 1. The highest BCUT2D eigenvalue weighted by molar-refractivity contribution is 6.03. The number of nitrogens with zero attached hydrogens (tertiary/aromatic N) is 2. The molecule has 0 aliphatic heterocycles. The lowest BCUT2D eigenvalue weighted by atomic mass is 10.2. The van der Waals surface area contributed by atoms with Crippen LogP contribution in [-0.2, 0) is 16.1 Å². The van der Waals surface area contributed by atoms with Crippen LogP contribution >= 0.6 is 0 Å². The summed E-state index contributed by atoms with van der Waals surface area (Å²) in [6, 6.07) is 5.63. The van der Waals surface area contributed by atoms with Crippen LogP contribution in [0.5, 0.6) is 5.75 Å². The van der Waals surface area contributed by atoms with E-state index < -0.39 is 30.6 Å². The molecule has 2 aromatic heterocycles. The fourth-order valence-electron chi connectivity index (χ4n) is 2.81. The number of carbonyl (C=O) groups is 2. The number of furan rings is 1. The van der Waals surface area contributed by atoms with Crippen LogP contribution in [0.4, 0.5) is 14.5 Å². The zero-order valence-corrected chi connectivity index (χ0v) is 16.0. The number of rotatable bonds is 7. The van der Waals surface area contributed by atoms with Gasteiger partial charge >= 0.3 is 12.6 Å². The Kier molecular flexibility index (Phi) is 6.09. The van der Waals surface area contributed by atoms with Gasteiger partial charge < -0.3 is 19.2 Å². The smallest absolute Gasteiger partial charge is 0.387 e. The zero-order chi connectivity index (χ0) is 21.8. The lowest BCUT2D eigenvalue weighted by molar-refractivity contribution is -0.116. The van der Waals surface area contributed by atoms with E-state index in [-0.39, 0.29) is 40.5 Å². The molecule has 0 saturated carbocycles. The molecule has 3 aromatic rings. The number of fused-ring (bicyclic) bond motifs is 1. The van der Waals surface area contributed by atoms with Crippen molar-refractivity contribution in [1.29, 1.82) is 0 Å². The monoisotopic (exact) mass is 421 g/mol. The molecule has 2 heterocycles. The molecule has 158 valence electrons. The van der Waals surface area contributed by atoms with Gasteiger partial charge in [0, 0.05) is 0 Å². The summed E-state index contributed by atoms with van der Waals surface area (Å²) in [7, 11) is 0. The average molecular weight is 421 g/mol. The third-order valence-corrected chi connectivity index (χ3v) is 4.03. The van der Waals surface area contributed by atoms with Crippen LogP contribution in [0, 0.1) is 6.92 Å². The van der Waals surface area contributed by atoms with E-state index in [2.05, 4.69) is 15.0 Å². The van der Waals surface area contributed by atoms with Crippen LogP contribution in [0.2, 0.25) is 0 Å². The number of aryl methyl sites for hydroxylation is 1. The molecule has 0 aliphatic rings. The van der Waals surface area contributed by atoms with E-state index in [9.17, 15) is 23.2 Å². The molecule has 0 saturated heterocycles. The summed E-state index contributed by atoms with van der Waals surface area (Å²) in [5.74, 6) is -1.50. The van der Waals surface area contributed by atoms with Crippen molar-refractivity contribution < 1.29 is 32.3 Å². The molecule has 3 rings (SSSR count). The number of hydrogen-bond acceptors (Lipinski definition) is 7. The molecule has 0 aliphatic carbocycles. The SMILES string of the molecule is CCOC(=O)c1c(C)oc2ncn(CC(=O)Nc3ccccc3OC(F)F)c(=O)c12. The second-order valence-electron chi connectivity index (χ2n) is 6.03. The van der Waals surface area contributed by atoms with Crippen molar-refractivity contribution in [2.24, 2.45) is 0 Å². The minimum atomic E-state index is -3.07. The van der Waals surface area contributed by atoms with E-state index in [0.717, 1.165) is 10.9 Å². The average Bonchev–Trinajstić information content (AvgIpc) is 3.02. The maximum Gasteiger partial charge on any atom is 0.387 e. The van der Waals surface area contributed by atoms with Crippen molar-refractivity contribution >= 4 is 28.7 Å². The molecule has 30 heavy (non-hydrogen) atoms. The van der Waals surface area contributed by atoms with Gasteiger partial charge in [-0.15, -0.1) is 0 Å². The van der Waals surface area contributed by atoms with Crippen LogP contribution in [0.25, 0.3) is 11.1 Å². The lowest BCUT2D eigenvalue weighted by Crippen LogP contribution is -2.28. The van der Waals surface area contributed by atoms with E-state index in [1.807, 2.05) is 0 Å². The van der Waals surface area contributed by atoms with Gasteiger partial charge in [-0.3, -0.25) is 14.2 Å². The van der Waals surface area contributed by atoms with Crippen LogP contribution in [0.15, 0.2) is 39.8 Å². The predicted molar refractivity (Wildman–Crippen MR) is 101 cm³/mol. The fourth-order valence-corrected chi connectivity index (χ4v) is 2.81. The third-order valence-electron chi connectivity index (χ3n) is 4.03. The van der Waals surface area contributed by atoms with E-state index in [1.165, 1.54) is 31.2 Å². The second-order valence-corrected chi connectivity index (χ2v) is 6.03. The third kappa shape index (κ3) is 4.29. The maximum absolute atomic E-state index is 12.8. The summed E-state index contributed by atoms with van der Waals surface area (Å²) in [4.78, 5) is 41.3. The molecular formula is C19H17F2N3O6. The molecular weight excluding hydrogens is 404 g/mol. The number of esters is 1. The highest BCUT2D eigenvalue weighted by Crippen LogP contribution is 2.25. The maximum atomic E-state index is 12.8. The van der Waals surface area contributed by atoms with Gasteiger partial charge in [-0.1, -0.05) is 12.1 Å². The van der Waals surface area contributed by atoms with Gasteiger partial charge in [-0.25, -0.2) is 9.78 Å². The summed E-state index contributed by atoms with van der Waals surface area (Å²) in [6.45, 7) is -0.349. The number of halogens is 2. The van der Waals surface area contributed by atoms with Gasteiger partial charge in [0.05, 0.1) is 12.3 Å². The molecule has 0 fully saturated rings. The van der Waals surface area contributed by atoms with E-state index in [0.29, 0.717) is 0 Å². The normalized spacial score (nSPS) is 11.0. The van der Waals surface area contributed by atoms with Crippen LogP contribution < -0.4 is 15.6 Å². The molecule has 1 amide bonds. The molecule has 0 unspecified atom stereocenters. The van der Waals surface area contributed by atoms with Gasteiger partial charge in [0.2, 0.25) is 11.6 Å². The first-order chi connectivity index (χ1) is 14.3. The number of hydrogen-bond donors (Lipinski definition) is 1. The Morgan fingerprint density at radius 2 is 2.03 bits per heavy atom. The van der Waals surface area contributed by atoms with Gasteiger partial charge in [0.25, 0.3) is 5.56 Å². The Bertz CT molecular complexity index is 1150. The molecule has 0 radical (unpaired) electrons. The van der Waals surface area contributed by atoms with Crippen molar-refractivity contribution in [2.45, 2.75) is 27.0 Å². The van der Waals surface area contributed by atoms with E-state index in [4.69, 9.17) is 9.15 Å². The first-order valence-electron chi connectivity index (χ1n) is 8.81. The highest BCUT2D eigenvalue weighted by Gasteiger charge is 2.24. The number of ether oxygens (including phenoxy) is 2. The molecule has 1 aromatic carbocycles. The van der Waals surface area contributed by atoms with Crippen LogP contribution in [-0.4, -0.2) is 34.6 Å². The number of benzene rings is 1. The summed E-state index contributed by atoms with van der Waals surface area (Å²) in [5, 5.41) is 2.29. The minimum Gasteiger partial charge on any atom is -0.462 e. The summed E-state index contributed by atoms with van der Waals surface area (Å²) in [6.07, 6.45) is 1.09.